The molecule has 0 amide bonds. The van der Waals surface area contributed by atoms with Gasteiger partial charge >= 0.3 is 5.97 Å². The van der Waals surface area contributed by atoms with Crippen LogP contribution in [0.25, 0.3) is 0 Å². The average molecular weight is 250 g/mol. The van der Waals surface area contributed by atoms with Crippen LogP contribution in [0.5, 0.6) is 0 Å². The highest BCUT2D eigenvalue weighted by Crippen LogP contribution is 2.44. The largest absolute Gasteiger partial charge is 0.481 e. The van der Waals surface area contributed by atoms with Crippen molar-refractivity contribution in [1.29, 1.82) is 0 Å². The number of carboxylic acids is 1. The Morgan fingerprint density at radius 2 is 2.12 bits per heavy atom. The highest BCUT2D eigenvalue weighted by atomic mass is 35.5. The fourth-order valence-electron chi connectivity index (χ4n) is 2.94. The van der Waals surface area contributed by atoms with Gasteiger partial charge in [0.05, 0.1) is 5.92 Å². The zero-order valence-electron chi connectivity index (χ0n) is 9.65. The highest BCUT2D eigenvalue weighted by molar-refractivity contribution is 5.85. The Hall–Kier alpha value is -0.320. The van der Waals surface area contributed by atoms with E-state index in [0.717, 1.165) is 39.1 Å². The summed E-state index contributed by atoms with van der Waals surface area (Å²) in [6.07, 6.45) is 1.81. The molecule has 0 aromatic rings. The van der Waals surface area contributed by atoms with Crippen LogP contribution in [0.4, 0.5) is 0 Å². The maximum absolute atomic E-state index is 11.3. The first-order valence-electron chi connectivity index (χ1n) is 5.71. The fraction of sp³-hybridized carbons (Fsp3) is 0.909. The topological polar surface area (TPSA) is 49.8 Å². The van der Waals surface area contributed by atoms with Crippen molar-refractivity contribution < 1.29 is 14.6 Å². The molecule has 0 saturated carbocycles. The predicted molar refractivity (Wildman–Crippen MR) is 63.0 cm³/mol. The molecule has 1 unspecified atom stereocenters. The molecule has 0 aromatic heterocycles. The number of hydrogen-bond acceptors (Lipinski definition) is 3. The zero-order chi connectivity index (χ0) is 10.9. The van der Waals surface area contributed by atoms with Crippen LogP contribution in [-0.4, -0.2) is 48.8 Å². The molecule has 1 atom stereocenters. The molecule has 0 bridgehead atoms. The van der Waals surface area contributed by atoms with Gasteiger partial charge in [-0.25, -0.2) is 0 Å². The van der Waals surface area contributed by atoms with Gasteiger partial charge in [0, 0.05) is 31.7 Å². The second-order valence-electron chi connectivity index (χ2n) is 4.69. The van der Waals surface area contributed by atoms with E-state index in [4.69, 9.17) is 4.74 Å². The molecule has 2 fully saturated rings. The molecule has 2 saturated heterocycles. The average Bonchev–Trinajstić information content (AvgIpc) is 2.58. The van der Waals surface area contributed by atoms with Crippen LogP contribution in [-0.2, 0) is 9.53 Å². The summed E-state index contributed by atoms with van der Waals surface area (Å²) in [6, 6.07) is 0. The van der Waals surface area contributed by atoms with Gasteiger partial charge < -0.3 is 14.7 Å². The van der Waals surface area contributed by atoms with Gasteiger partial charge in [-0.3, -0.25) is 4.79 Å². The van der Waals surface area contributed by atoms with Crippen molar-refractivity contribution >= 4 is 18.4 Å². The molecule has 0 aromatic carbocycles. The van der Waals surface area contributed by atoms with Crippen molar-refractivity contribution in [1.82, 2.24) is 4.90 Å². The Labute approximate surface area is 102 Å². The predicted octanol–water partition coefficient (Wildman–Crippen LogP) is 1.24. The number of aliphatic carboxylic acids is 1. The maximum atomic E-state index is 11.3. The summed E-state index contributed by atoms with van der Waals surface area (Å²) in [5.41, 5.74) is -0.0138. The molecule has 2 rings (SSSR count). The number of rotatable bonds is 2. The van der Waals surface area contributed by atoms with E-state index in [0.29, 0.717) is 6.54 Å². The lowest BCUT2D eigenvalue weighted by Crippen LogP contribution is -2.40. The van der Waals surface area contributed by atoms with Gasteiger partial charge in [-0.2, -0.15) is 0 Å². The lowest BCUT2D eigenvalue weighted by Gasteiger charge is -2.36. The SMILES string of the molecule is CCN1CC(C(=O)O)C2(CCOCC2)C1.Cl. The maximum Gasteiger partial charge on any atom is 0.308 e. The smallest absolute Gasteiger partial charge is 0.308 e. The molecule has 0 aliphatic carbocycles. The molecule has 16 heavy (non-hydrogen) atoms. The zero-order valence-corrected chi connectivity index (χ0v) is 10.5. The molecule has 4 nitrogen and oxygen atoms in total. The third-order valence-corrected chi connectivity index (χ3v) is 3.95. The van der Waals surface area contributed by atoms with Gasteiger partial charge in [-0.05, 0) is 19.4 Å². The Balaban J connectivity index is 0.00000128. The Kier molecular flexibility index (Phi) is 4.59. The van der Waals surface area contributed by atoms with Crippen LogP contribution in [0.2, 0.25) is 0 Å². The number of carboxylic acid groups (broad SMARTS) is 1. The van der Waals surface area contributed by atoms with Crippen molar-refractivity contribution in [2.75, 3.05) is 32.8 Å². The second kappa shape index (κ2) is 5.34. The van der Waals surface area contributed by atoms with Gasteiger partial charge in [0.25, 0.3) is 0 Å². The first-order valence-corrected chi connectivity index (χ1v) is 5.71. The minimum Gasteiger partial charge on any atom is -0.481 e. The minimum absolute atomic E-state index is 0. The van der Waals surface area contributed by atoms with E-state index in [1.807, 2.05) is 0 Å². The van der Waals surface area contributed by atoms with Crippen molar-refractivity contribution in [3.05, 3.63) is 0 Å². The van der Waals surface area contributed by atoms with Crippen LogP contribution in [0.3, 0.4) is 0 Å². The summed E-state index contributed by atoms with van der Waals surface area (Å²) >= 11 is 0. The van der Waals surface area contributed by atoms with Gasteiger partial charge in [-0.1, -0.05) is 6.92 Å². The summed E-state index contributed by atoms with van der Waals surface area (Å²) in [5.74, 6) is -0.825. The van der Waals surface area contributed by atoms with Crippen LogP contribution < -0.4 is 0 Å². The number of ether oxygens (including phenoxy) is 1. The van der Waals surface area contributed by atoms with E-state index in [1.165, 1.54) is 0 Å². The molecular weight excluding hydrogens is 230 g/mol. The molecule has 5 heteroatoms. The van der Waals surface area contributed by atoms with E-state index in [9.17, 15) is 9.90 Å². The highest BCUT2D eigenvalue weighted by Gasteiger charge is 2.50. The Morgan fingerprint density at radius 3 is 2.62 bits per heavy atom. The molecule has 1 N–H and O–H groups in total. The molecule has 1 spiro atoms. The Morgan fingerprint density at radius 1 is 1.50 bits per heavy atom. The van der Waals surface area contributed by atoms with E-state index < -0.39 is 5.97 Å². The number of carbonyl (C=O) groups is 1. The summed E-state index contributed by atoms with van der Waals surface area (Å²) in [4.78, 5) is 13.5. The normalized spacial score (nSPS) is 28.9. The van der Waals surface area contributed by atoms with E-state index >= 15 is 0 Å². The number of halogens is 1. The van der Waals surface area contributed by atoms with Gasteiger partial charge in [0.1, 0.15) is 0 Å². The van der Waals surface area contributed by atoms with Gasteiger partial charge in [0.2, 0.25) is 0 Å². The molecular formula is C11H20ClNO3. The van der Waals surface area contributed by atoms with E-state index in [2.05, 4.69) is 11.8 Å². The van der Waals surface area contributed by atoms with Crippen LogP contribution >= 0.6 is 12.4 Å². The van der Waals surface area contributed by atoms with Gasteiger partial charge in [0.15, 0.2) is 0 Å². The van der Waals surface area contributed by atoms with Crippen LogP contribution in [0.1, 0.15) is 19.8 Å². The first kappa shape index (κ1) is 13.7. The van der Waals surface area contributed by atoms with E-state index in [-0.39, 0.29) is 23.7 Å². The molecule has 2 heterocycles. The summed E-state index contributed by atoms with van der Waals surface area (Å²) in [6.45, 7) is 6.14. The Bertz CT molecular complexity index is 254. The number of hydrogen-bond donors (Lipinski definition) is 1. The summed E-state index contributed by atoms with van der Waals surface area (Å²) < 4.78 is 5.34. The lowest BCUT2D eigenvalue weighted by molar-refractivity contribution is -0.146. The third kappa shape index (κ3) is 2.34. The van der Waals surface area contributed by atoms with Crippen molar-refractivity contribution in [3.63, 3.8) is 0 Å². The molecule has 2 aliphatic heterocycles. The lowest BCUT2D eigenvalue weighted by atomic mass is 9.72. The second-order valence-corrected chi connectivity index (χ2v) is 4.69. The van der Waals surface area contributed by atoms with Crippen LogP contribution in [0.15, 0.2) is 0 Å². The molecule has 2 aliphatic rings. The van der Waals surface area contributed by atoms with E-state index in [1.54, 1.807) is 0 Å². The first-order chi connectivity index (χ1) is 7.18. The number of nitrogens with zero attached hydrogens (tertiary/aromatic N) is 1. The summed E-state index contributed by atoms with van der Waals surface area (Å²) in [5, 5.41) is 9.28. The van der Waals surface area contributed by atoms with Crippen molar-refractivity contribution in [2.45, 2.75) is 19.8 Å². The third-order valence-electron chi connectivity index (χ3n) is 3.95. The van der Waals surface area contributed by atoms with Crippen molar-refractivity contribution in [3.8, 4) is 0 Å². The van der Waals surface area contributed by atoms with Gasteiger partial charge in [-0.15, -0.1) is 12.4 Å². The van der Waals surface area contributed by atoms with Crippen LogP contribution in [0, 0.1) is 11.3 Å². The van der Waals surface area contributed by atoms with Crippen molar-refractivity contribution in [2.24, 2.45) is 11.3 Å². The molecule has 94 valence electrons. The minimum atomic E-state index is -0.632. The monoisotopic (exact) mass is 249 g/mol. The quantitative estimate of drug-likeness (QED) is 0.800. The standard InChI is InChI=1S/C11H19NO3.ClH/c1-2-12-7-9(10(13)14)11(8-12)3-5-15-6-4-11;/h9H,2-8H2,1H3,(H,13,14);1H. The summed E-state index contributed by atoms with van der Waals surface area (Å²) in [7, 11) is 0. The fourth-order valence-corrected chi connectivity index (χ4v) is 2.94. The molecule has 0 radical (unpaired) electrons. The number of likely N-dealkylation sites (tertiary alicyclic amines) is 1.